The Labute approximate surface area is 147 Å². The number of carbonyl (C=O) groups excluding carboxylic acids is 2. The lowest BCUT2D eigenvalue weighted by atomic mass is 10.1. The van der Waals surface area contributed by atoms with Gasteiger partial charge in [-0.2, -0.15) is 0 Å². The molecule has 0 spiro atoms. The Morgan fingerprint density at radius 3 is 2.65 bits per heavy atom. The lowest BCUT2D eigenvalue weighted by molar-refractivity contribution is -0.122. The van der Waals surface area contributed by atoms with Crippen LogP contribution in [0.25, 0.3) is 0 Å². The van der Waals surface area contributed by atoms with E-state index >= 15 is 0 Å². The maximum absolute atomic E-state index is 12.4. The Morgan fingerprint density at radius 2 is 1.96 bits per heavy atom. The average molecular weight is 394 g/mol. The molecule has 3 rings (SSSR count). The molecule has 118 valence electrons. The summed E-state index contributed by atoms with van der Waals surface area (Å²) < 4.78 is 0.947. The highest BCUT2D eigenvalue weighted by molar-refractivity contribution is 9.10. The van der Waals surface area contributed by atoms with Gasteiger partial charge in [0.1, 0.15) is 0 Å². The second-order valence-electron chi connectivity index (χ2n) is 5.38. The van der Waals surface area contributed by atoms with Crippen molar-refractivity contribution in [2.24, 2.45) is 5.92 Å². The number of amides is 2. The molecule has 1 saturated heterocycles. The predicted octanol–water partition coefficient (Wildman–Crippen LogP) is 4.09. The zero-order valence-corrected chi connectivity index (χ0v) is 14.5. The molecule has 1 heterocycles. The Bertz CT molecular complexity index is 749. The van der Waals surface area contributed by atoms with Crippen LogP contribution < -0.4 is 10.2 Å². The zero-order valence-electron chi connectivity index (χ0n) is 12.1. The SMILES string of the molecule is O=C(Nc1cccc(Cl)c1)[C@H]1CC(=O)N(c2ccc(Br)cc2)C1. The summed E-state index contributed by atoms with van der Waals surface area (Å²) in [5, 5.41) is 3.37. The van der Waals surface area contributed by atoms with Crippen LogP contribution in [-0.2, 0) is 9.59 Å². The molecule has 2 aromatic carbocycles. The second-order valence-corrected chi connectivity index (χ2v) is 6.73. The van der Waals surface area contributed by atoms with E-state index in [0.29, 0.717) is 17.3 Å². The summed E-state index contributed by atoms with van der Waals surface area (Å²) >= 11 is 9.28. The average Bonchev–Trinajstić information content (AvgIpc) is 2.90. The summed E-state index contributed by atoms with van der Waals surface area (Å²) in [4.78, 5) is 26.2. The van der Waals surface area contributed by atoms with Gasteiger partial charge in [0.05, 0.1) is 5.92 Å². The molecule has 2 aromatic rings. The van der Waals surface area contributed by atoms with Gasteiger partial charge in [0, 0.05) is 33.8 Å². The van der Waals surface area contributed by atoms with Crippen LogP contribution in [0.4, 0.5) is 11.4 Å². The fraction of sp³-hybridized carbons (Fsp3) is 0.176. The number of halogens is 2. The summed E-state index contributed by atoms with van der Waals surface area (Å²) in [5.41, 5.74) is 1.44. The van der Waals surface area contributed by atoms with Crippen molar-refractivity contribution in [3.63, 3.8) is 0 Å². The highest BCUT2D eigenvalue weighted by Gasteiger charge is 2.35. The molecule has 0 aliphatic carbocycles. The van der Waals surface area contributed by atoms with Crippen molar-refractivity contribution in [3.8, 4) is 0 Å². The fourth-order valence-electron chi connectivity index (χ4n) is 2.56. The summed E-state index contributed by atoms with van der Waals surface area (Å²) in [6.45, 7) is 0.382. The van der Waals surface area contributed by atoms with Crippen molar-refractivity contribution in [1.82, 2.24) is 0 Å². The molecule has 1 fully saturated rings. The molecule has 0 bridgehead atoms. The molecule has 23 heavy (non-hydrogen) atoms. The largest absolute Gasteiger partial charge is 0.326 e. The van der Waals surface area contributed by atoms with Gasteiger partial charge in [-0.1, -0.05) is 33.6 Å². The molecule has 6 heteroatoms. The van der Waals surface area contributed by atoms with Crippen LogP contribution in [0.2, 0.25) is 5.02 Å². The zero-order chi connectivity index (χ0) is 16.4. The van der Waals surface area contributed by atoms with Crippen LogP contribution in [-0.4, -0.2) is 18.4 Å². The normalized spacial score (nSPS) is 17.4. The van der Waals surface area contributed by atoms with E-state index in [9.17, 15) is 9.59 Å². The molecule has 0 aromatic heterocycles. The predicted molar refractivity (Wildman–Crippen MR) is 94.7 cm³/mol. The maximum atomic E-state index is 12.4. The van der Waals surface area contributed by atoms with Gasteiger partial charge in [0.2, 0.25) is 11.8 Å². The molecule has 2 amide bonds. The molecule has 1 atom stereocenters. The van der Waals surface area contributed by atoms with E-state index < -0.39 is 0 Å². The topological polar surface area (TPSA) is 49.4 Å². The first-order valence-corrected chi connectivity index (χ1v) is 8.32. The molecule has 0 unspecified atom stereocenters. The Kier molecular flexibility index (Phi) is 4.68. The molecular formula is C17H14BrClN2O2. The van der Waals surface area contributed by atoms with E-state index in [2.05, 4.69) is 21.2 Å². The second kappa shape index (κ2) is 6.72. The minimum atomic E-state index is -0.370. The monoisotopic (exact) mass is 392 g/mol. The molecule has 1 aliphatic heterocycles. The Hall–Kier alpha value is -1.85. The van der Waals surface area contributed by atoms with Crippen molar-refractivity contribution in [2.45, 2.75) is 6.42 Å². The number of nitrogens with zero attached hydrogens (tertiary/aromatic N) is 1. The van der Waals surface area contributed by atoms with Crippen molar-refractivity contribution in [3.05, 3.63) is 58.0 Å². The van der Waals surface area contributed by atoms with Crippen molar-refractivity contribution in [1.29, 1.82) is 0 Å². The van der Waals surface area contributed by atoms with Gasteiger partial charge in [-0.3, -0.25) is 9.59 Å². The molecule has 1 aliphatic rings. The van der Waals surface area contributed by atoms with Gasteiger partial charge in [0.15, 0.2) is 0 Å². The third-order valence-corrected chi connectivity index (χ3v) is 4.49. The van der Waals surface area contributed by atoms with Crippen LogP contribution in [0.15, 0.2) is 53.0 Å². The van der Waals surface area contributed by atoms with Gasteiger partial charge >= 0.3 is 0 Å². The van der Waals surface area contributed by atoms with E-state index in [1.54, 1.807) is 29.2 Å². The van der Waals surface area contributed by atoms with Crippen molar-refractivity contribution >= 4 is 50.7 Å². The smallest absolute Gasteiger partial charge is 0.229 e. The number of hydrogen-bond donors (Lipinski definition) is 1. The van der Waals surface area contributed by atoms with Gasteiger partial charge < -0.3 is 10.2 Å². The van der Waals surface area contributed by atoms with Crippen molar-refractivity contribution in [2.75, 3.05) is 16.8 Å². The summed E-state index contributed by atoms with van der Waals surface area (Å²) in [6.07, 6.45) is 0.211. The standard InChI is InChI=1S/C17H14BrClN2O2/c18-12-4-6-15(7-5-12)21-10-11(8-16(21)22)17(23)20-14-3-1-2-13(19)9-14/h1-7,9,11H,8,10H2,(H,20,23)/t11-/m0/s1. The van der Waals surface area contributed by atoms with E-state index in [-0.39, 0.29) is 24.2 Å². The highest BCUT2D eigenvalue weighted by atomic mass is 79.9. The first-order valence-electron chi connectivity index (χ1n) is 7.15. The Morgan fingerprint density at radius 1 is 1.22 bits per heavy atom. The van der Waals surface area contributed by atoms with Crippen LogP contribution in [0, 0.1) is 5.92 Å². The molecular weight excluding hydrogens is 380 g/mol. The minimum absolute atomic E-state index is 0.0430. The van der Waals surface area contributed by atoms with Crippen molar-refractivity contribution < 1.29 is 9.59 Å². The van der Waals surface area contributed by atoms with E-state index in [1.165, 1.54) is 0 Å². The summed E-state index contributed by atoms with van der Waals surface area (Å²) in [6, 6.07) is 14.4. The summed E-state index contributed by atoms with van der Waals surface area (Å²) in [7, 11) is 0. The first kappa shape index (κ1) is 16.0. The van der Waals surface area contributed by atoms with Crippen LogP contribution in [0.3, 0.4) is 0 Å². The molecule has 0 saturated carbocycles. The number of carbonyl (C=O) groups is 2. The number of nitrogens with one attached hydrogen (secondary N) is 1. The fourth-order valence-corrected chi connectivity index (χ4v) is 3.02. The Balaban J connectivity index is 1.69. The van der Waals surface area contributed by atoms with Crippen LogP contribution >= 0.6 is 27.5 Å². The lowest BCUT2D eigenvalue weighted by Gasteiger charge is -2.16. The van der Waals surface area contributed by atoms with Gasteiger partial charge in [-0.15, -0.1) is 0 Å². The molecule has 4 nitrogen and oxygen atoms in total. The molecule has 1 N–H and O–H groups in total. The lowest BCUT2D eigenvalue weighted by Crippen LogP contribution is -2.28. The number of benzene rings is 2. The summed E-state index contributed by atoms with van der Waals surface area (Å²) in [5.74, 6) is -0.580. The van der Waals surface area contributed by atoms with Crippen LogP contribution in [0.5, 0.6) is 0 Å². The van der Waals surface area contributed by atoms with E-state index in [0.717, 1.165) is 10.2 Å². The number of rotatable bonds is 3. The first-order chi connectivity index (χ1) is 11.0. The highest BCUT2D eigenvalue weighted by Crippen LogP contribution is 2.27. The third kappa shape index (κ3) is 3.74. The third-order valence-electron chi connectivity index (χ3n) is 3.73. The van der Waals surface area contributed by atoms with E-state index in [4.69, 9.17) is 11.6 Å². The number of hydrogen-bond acceptors (Lipinski definition) is 2. The number of anilines is 2. The van der Waals surface area contributed by atoms with Gasteiger partial charge in [-0.25, -0.2) is 0 Å². The minimum Gasteiger partial charge on any atom is -0.326 e. The van der Waals surface area contributed by atoms with E-state index in [1.807, 2.05) is 24.3 Å². The van der Waals surface area contributed by atoms with Crippen LogP contribution in [0.1, 0.15) is 6.42 Å². The quantitative estimate of drug-likeness (QED) is 0.854. The molecule has 0 radical (unpaired) electrons. The maximum Gasteiger partial charge on any atom is 0.229 e. The van der Waals surface area contributed by atoms with Gasteiger partial charge in [-0.05, 0) is 42.5 Å². The van der Waals surface area contributed by atoms with Gasteiger partial charge in [0.25, 0.3) is 0 Å².